The van der Waals surface area contributed by atoms with Gasteiger partial charge in [0, 0.05) is 49.5 Å². The Bertz CT molecular complexity index is 944. The molecule has 7 heteroatoms. The molecular weight excluding hydrogens is 408 g/mol. The number of carbonyl (C=O) groups excluding carboxylic acids is 1. The zero-order chi connectivity index (χ0) is 21.5. The average Bonchev–Trinajstić information content (AvgIpc) is 3.47. The van der Waals surface area contributed by atoms with Gasteiger partial charge >= 0.3 is 0 Å². The Labute approximate surface area is 187 Å². The van der Waals surface area contributed by atoms with Crippen molar-refractivity contribution in [3.8, 4) is 11.4 Å². The van der Waals surface area contributed by atoms with Gasteiger partial charge in [0.05, 0.1) is 0 Å². The fourth-order valence-corrected chi connectivity index (χ4v) is 4.63. The van der Waals surface area contributed by atoms with E-state index in [-0.39, 0.29) is 0 Å². The van der Waals surface area contributed by atoms with Crippen LogP contribution in [0.2, 0.25) is 0 Å². The molecule has 0 bridgehead atoms. The van der Waals surface area contributed by atoms with Gasteiger partial charge in [0.2, 0.25) is 17.6 Å². The number of aryl methyl sites for hydroxylation is 3. The quantitative estimate of drug-likeness (QED) is 0.501. The summed E-state index contributed by atoms with van der Waals surface area (Å²) in [5.41, 5.74) is 2.20. The molecule has 2 aromatic heterocycles. The number of hydrogen-bond donors (Lipinski definition) is 0. The minimum absolute atomic E-state index is 0.297. The number of amides is 1. The first-order valence-electron chi connectivity index (χ1n) is 11.1. The Balaban J connectivity index is 1.13. The average molecular weight is 439 g/mol. The van der Waals surface area contributed by atoms with Crippen molar-refractivity contribution in [1.29, 1.82) is 0 Å². The largest absolute Gasteiger partial charge is 0.340 e. The number of piperazine rings is 1. The van der Waals surface area contributed by atoms with Crippen LogP contribution in [0.4, 0.5) is 0 Å². The molecule has 1 fully saturated rings. The van der Waals surface area contributed by atoms with E-state index in [0.29, 0.717) is 24.0 Å². The SMILES string of the molecule is Cc1ccc(-c2noc(CCCN3CCN(C(=O)CCCc4cccs4)CC3)n2)cc1. The third-order valence-electron chi connectivity index (χ3n) is 5.76. The molecule has 1 aliphatic rings. The predicted molar refractivity (Wildman–Crippen MR) is 123 cm³/mol. The van der Waals surface area contributed by atoms with E-state index in [9.17, 15) is 4.79 Å². The second kappa shape index (κ2) is 10.7. The summed E-state index contributed by atoms with van der Waals surface area (Å²) in [6.07, 6.45) is 4.35. The summed E-state index contributed by atoms with van der Waals surface area (Å²) in [4.78, 5) is 22.8. The number of hydrogen-bond acceptors (Lipinski definition) is 6. The molecule has 164 valence electrons. The van der Waals surface area contributed by atoms with Crippen molar-refractivity contribution >= 4 is 17.2 Å². The van der Waals surface area contributed by atoms with Crippen molar-refractivity contribution in [2.24, 2.45) is 0 Å². The Hall–Kier alpha value is -2.51. The van der Waals surface area contributed by atoms with Crippen molar-refractivity contribution < 1.29 is 9.32 Å². The Morgan fingerprint density at radius 1 is 1.06 bits per heavy atom. The van der Waals surface area contributed by atoms with E-state index in [1.165, 1.54) is 10.4 Å². The van der Waals surface area contributed by atoms with Crippen LogP contribution in [0.1, 0.15) is 35.6 Å². The summed E-state index contributed by atoms with van der Waals surface area (Å²) < 4.78 is 5.42. The molecule has 1 aliphatic heterocycles. The fraction of sp³-hybridized carbons (Fsp3) is 0.458. The van der Waals surface area contributed by atoms with Crippen LogP contribution in [0.15, 0.2) is 46.3 Å². The van der Waals surface area contributed by atoms with Crippen LogP contribution in [0.25, 0.3) is 11.4 Å². The van der Waals surface area contributed by atoms with Gasteiger partial charge in [-0.15, -0.1) is 11.3 Å². The first-order valence-corrected chi connectivity index (χ1v) is 12.0. The number of thiophene rings is 1. The van der Waals surface area contributed by atoms with Crippen molar-refractivity contribution in [1.82, 2.24) is 19.9 Å². The summed E-state index contributed by atoms with van der Waals surface area (Å²) in [6.45, 7) is 6.59. The molecule has 4 rings (SSSR count). The molecule has 0 unspecified atom stereocenters. The molecule has 1 saturated heterocycles. The number of rotatable bonds is 9. The molecule has 1 aromatic carbocycles. The lowest BCUT2D eigenvalue weighted by Crippen LogP contribution is -2.48. The molecule has 6 nitrogen and oxygen atoms in total. The van der Waals surface area contributed by atoms with Gasteiger partial charge in [0.1, 0.15) is 0 Å². The maximum Gasteiger partial charge on any atom is 0.227 e. The number of benzene rings is 1. The Morgan fingerprint density at radius 2 is 1.87 bits per heavy atom. The van der Waals surface area contributed by atoms with Gasteiger partial charge in [0.25, 0.3) is 0 Å². The summed E-state index contributed by atoms with van der Waals surface area (Å²) in [5, 5.41) is 6.20. The highest BCUT2D eigenvalue weighted by atomic mass is 32.1. The zero-order valence-corrected chi connectivity index (χ0v) is 18.9. The maximum absolute atomic E-state index is 12.5. The molecule has 0 saturated carbocycles. The third kappa shape index (κ3) is 6.24. The van der Waals surface area contributed by atoms with Gasteiger partial charge in [-0.25, -0.2) is 0 Å². The predicted octanol–water partition coefficient (Wildman–Crippen LogP) is 4.21. The van der Waals surface area contributed by atoms with Gasteiger partial charge in [-0.2, -0.15) is 4.98 Å². The normalized spacial score (nSPS) is 14.8. The molecule has 0 radical (unpaired) electrons. The van der Waals surface area contributed by atoms with Gasteiger partial charge in [0.15, 0.2) is 0 Å². The van der Waals surface area contributed by atoms with E-state index in [1.807, 2.05) is 17.0 Å². The van der Waals surface area contributed by atoms with Gasteiger partial charge in [-0.3, -0.25) is 9.69 Å². The number of carbonyl (C=O) groups is 1. The van der Waals surface area contributed by atoms with Crippen LogP contribution in [0.3, 0.4) is 0 Å². The van der Waals surface area contributed by atoms with Crippen molar-refractivity contribution in [2.75, 3.05) is 32.7 Å². The van der Waals surface area contributed by atoms with Gasteiger partial charge in [-0.1, -0.05) is 41.1 Å². The lowest BCUT2D eigenvalue weighted by atomic mass is 10.1. The standard InChI is InChI=1S/C24H30N4O2S/c1-19-9-11-20(12-10-19)24-25-22(30-26-24)7-3-13-27-14-16-28(17-15-27)23(29)8-2-5-21-6-4-18-31-21/h4,6,9-12,18H,2-3,5,7-8,13-17H2,1H3. The summed E-state index contributed by atoms with van der Waals surface area (Å²) in [5.74, 6) is 1.64. The fourth-order valence-electron chi connectivity index (χ4n) is 3.88. The van der Waals surface area contributed by atoms with Crippen LogP contribution >= 0.6 is 11.3 Å². The molecule has 0 atom stereocenters. The summed E-state index contributed by atoms with van der Waals surface area (Å²) >= 11 is 1.77. The molecule has 31 heavy (non-hydrogen) atoms. The van der Waals surface area contributed by atoms with E-state index >= 15 is 0 Å². The van der Waals surface area contributed by atoms with E-state index in [4.69, 9.17) is 4.52 Å². The second-order valence-corrected chi connectivity index (χ2v) is 9.17. The highest BCUT2D eigenvalue weighted by Crippen LogP contribution is 2.17. The lowest BCUT2D eigenvalue weighted by molar-refractivity contribution is -0.133. The van der Waals surface area contributed by atoms with E-state index in [0.717, 1.165) is 64.0 Å². The maximum atomic E-state index is 12.5. The van der Waals surface area contributed by atoms with E-state index in [2.05, 4.69) is 51.6 Å². The zero-order valence-electron chi connectivity index (χ0n) is 18.1. The smallest absolute Gasteiger partial charge is 0.227 e. The van der Waals surface area contributed by atoms with Crippen LogP contribution in [0, 0.1) is 6.92 Å². The minimum Gasteiger partial charge on any atom is -0.340 e. The summed E-state index contributed by atoms with van der Waals surface area (Å²) in [7, 11) is 0. The van der Waals surface area contributed by atoms with E-state index < -0.39 is 0 Å². The first-order chi connectivity index (χ1) is 15.2. The molecule has 0 aliphatic carbocycles. The molecule has 1 amide bonds. The lowest BCUT2D eigenvalue weighted by Gasteiger charge is -2.34. The highest BCUT2D eigenvalue weighted by Gasteiger charge is 2.20. The van der Waals surface area contributed by atoms with Crippen LogP contribution in [0.5, 0.6) is 0 Å². The highest BCUT2D eigenvalue weighted by molar-refractivity contribution is 7.09. The van der Waals surface area contributed by atoms with E-state index in [1.54, 1.807) is 11.3 Å². The topological polar surface area (TPSA) is 62.5 Å². The molecular formula is C24H30N4O2S. The van der Waals surface area contributed by atoms with Crippen LogP contribution < -0.4 is 0 Å². The van der Waals surface area contributed by atoms with Gasteiger partial charge in [-0.05, 0) is 44.2 Å². The third-order valence-corrected chi connectivity index (χ3v) is 6.70. The Morgan fingerprint density at radius 3 is 2.61 bits per heavy atom. The number of nitrogens with zero attached hydrogens (tertiary/aromatic N) is 4. The van der Waals surface area contributed by atoms with Crippen LogP contribution in [-0.2, 0) is 17.6 Å². The van der Waals surface area contributed by atoms with Crippen molar-refractivity contribution in [3.05, 3.63) is 58.1 Å². The van der Waals surface area contributed by atoms with Crippen molar-refractivity contribution in [2.45, 2.75) is 39.0 Å². The summed E-state index contributed by atoms with van der Waals surface area (Å²) in [6, 6.07) is 12.4. The molecule has 0 spiro atoms. The Kier molecular flexibility index (Phi) is 7.48. The molecule has 3 heterocycles. The van der Waals surface area contributed by atoms with Crippen LogP contribution in [-0.4, -0.2) is 58.6 Å². The van der Waals surface area contributed by atoms with Crippen molar-refractivity contribution in [3.63, 3.8) is 0 Å². The molecule has 3 aromatic rings. The molecule has 0 N–H and O–H groups in total. The minimum atomic E-state index is 0.297. The van der Waals surface area contributed by atoms with Gasteiger partial charge < -0.3 is 9.42 Å². The second-order valence-electron chi connectivity index (χ2n) is 8.14. The monoisotopic (exact) mass is 438 g/mol. The first kappa shape index (κ1) is 21.7. The number of aromatic nitrogens is 2.